The van der Waals surface area contributed by atoms with Crippen LogP contribution in [0.4, 0.5) is 0 Å². The first-order valence-corrected chi connectivity index (χ1v) is 7.58. The van der Waals surface area contributed by atoms with Crippen LogP contribution in [0.25, 0.3) is 0 Å². The van der Waals surface area contributed by atoms with Crippen molar-refractivity contribution >= 4 is 11.8 Å². The molecular formula is C14H24N2OS. The number of rotatable bonds is 8. The Morgan fingerprint density at radius 3 is 2.78 bits per heavy atom. The molecule has 4 heteroatoms. The van der Waals surface area contributed by atoms with Crippen molar-refractivity contribution in [1.82, 2.24) is 10.2 Å². The van der Waals surface area contributed by atoms with Crippen LogP contribution in [0, 0.1) is 0 Å². The molecule has 1 aromatic rings. The summed E-state index contributed by atoms with van der Waals surface area (Å²) >= 11 is 1.87. The molecule has 102 valence electrons. The largest absolute Gasteiger partial charge is 0.497 e. The number of hydrogen-bond acceptors (Lipinski definition) is 4. The number of nitrogens with one attached hydrogen (secondary N) is 1. The number of benzene rings is 1. The molecule has 1 atom stereocenters. The van der Waals surface area contributed by atoms with Crippen LogP contribution in [0.1, 0.15) is 11.6 Å². The number of ether oxygens (including phenoxy) is 1. The second kappa shape index (κ2) is 8.40. The van der Waals surface area contributed by atoms with Crippen molar-refractivity contribution in [1.29, 1.82) is 0 Å². The average Bonchev–Trinajstić information content (AvgIpc) is 2.38. The molecule has 0 fully saturated rings. The van der Waals surface area contributed by atoms with E-state index in [0.717, 1.165) is 24.6 Å². The summed E-state index contributed by atoms with van der Waals surface area (Å²) < 4.78 is 5.29. The van der Waals surface area contributed by atoms with Gasteiger partial charge in [-0.25, -0.2) is 0 Å². The van der Waals surface area contributed by atoms with Crippen LogP contribution in [0.2, 0.25) is 0 Å². The van der Waals surface area contributed by atoms with E-state index < -0.39 is 0 Å². The third-order valence-electron chi connectivity index (χ3n) is 2.92. The summed E-state index contributed by atoms with van der Waals surface area (Å²) in [4.78, 5) is 2.24. The molecule has 0 aliphatic carbocycles. The Kier molecular flexibility index (Phi) is 7.16. The fourth-order valence-corrected chi connectivity index (χ4v) is 2.21. The highest BCUT2D eigenvalue weighted by molar-refractivity contribution is 7.98. The van der Waals surface area contributed by atoms with Gasteiger partial charge in [-0.1, -0.05) is 12.1 Å². The Labute approximate surface area is 115 Å². The monoisotopic (exact) mass is 268 g/mol. The van der Waals surface area contributed by atoms with E-state index >= 15 is 0 Å². The van der Waals surface area contributed by atoms with Crippen LogP contribution in [0.3, 0.4) is 0 Å². The van der Waals surface area contributed by atoms with Gasteiger partial charge in [0.2, 0.25) is 0 Å². The van der Waals surface area contributed by atoms with Gasteiger partial charge in [0.1, 0.15) is 5.75 Å². The van der Waals surface area contributed by atoms with Gasteiger partial charge >= 0.3 is 0 Å². The van der Waals surface area contributed by atoms with E-state index in [1.54, 1.807) is 7.11 Å². The fourth-order valence-electron chi connectivity index (χ4n) is 1.86. The van der Waals surface area contributed by atoms with Crippen molar-refractivity contribution in [2.24, 2.45) is 0 Å². The predicted molar refractivity (Wildman–Crippen MR) is 80.7 cm³/mol. The molecule has 0 bridgehead atoms. The molecule has 0 aliphatic heterocycles. The SMILES string of the molecule is COc1cccc(C(CNCCSC)N(C)C)c1. The topological polar surface area (TPSA) is 24.5 Å². The Balaban J connectivity index is 2.65. The maximum absolute atomic E-state index is 5.29. The van der Waals surface area contributed by atoms with E-state index in [-0.39, 0.29) is 0 Å². The smallest absolute Gasteiger partial charge is 0.119 e. The average molecular weight is 268 g/mol. The lowest BCUT2D eigenvalue weighted by atomic mass is 10.1. The Morgan fingerprint density at radius 2 is 2.17 bits per heavy atom. The zero-order chi connectivity index (χ0) is 13.4. The molecule has 18 heavy (non-hydrogen) atoms. The molecule has 0 saturated heterocycles. The van der Waals surface area contributed by atoms with Gasteiger partial charge in [-0.05, 0) is 38.0 Å². The number of likely N-dealkylation sites (N-methyl/N-ethyl adjacent to an activating group) is 1. The molecule has 0 radical (unpaired) electrons. The lowest BCUT2D eigenvalue weighted by Crippen LogP contribution is -2.32. The van der Waals surface area contributed by atoms with Gasteiger partial charge in [-0.3, -0.25) is 0 Å². The van der Waals surface area contributed by atoms with E-state index in [0.29, 0.717) is 6.04 Å². The minimum Gasteiger partial charge on any atom is -0.497 e. The second-order valence-corrected chi connectivity index (χ2v) is 5.44. The summed E-state index contributed by atoms with van der Waals surface area (Å²) in [5, 5.41) is 3.50. The first-order valence-electron chi connectivity index (χ1n) is 6.19. The van der Waals surface area contributed by atoms with Crippen LogP contribution in [-0.4, -0.2) is 51.2 Å². The van der Waals surface area contributed by atoms with Crippen LogP contribution in [0.15, 0.2) is 24.3 Å². The Hall–Kier alpha value is -0.710. The molecule has 1 rings (SSSR count). The van der Waals surface area contributed by atoms with Crippen molar-refractivity contribution in [2.45, 2.75) is 6.04 Å². The van der Waals surface area contributed by atoms with Gasteiger partial charge in [0.25, 0.3) is 0 Å². The van der Waals surface area contributed by atoms with Crippen LogP contribution >= 0.6 is 11.8 Å². The molecular weight excluding hydrogens is 244 g/mol. The van der Waals surface area contributed by atoms with Gasteiger partial charge in [-0.2, -0.15) is 11.8 Å². The summed E-state index contributed by atoms with van der Waals surface area (Å²) in [5.41, 5.74) is 1.29. The summed E-state index contributed by atoms with van der Waals surface area (Å²) in [6.45, 7) is 2.01. The van der Waals surface area contributed by atoms with E-state index in [2.05, 4.69) is 42.7 Å². The highest BCUT2D eigenvalue weighted by Gasteiger charge is 2.13. The molecule has 0 amide bonds. The highest BCUT2D eigenvalue weighted by Crippen LogP contribution is 2.21. The minimum atomic E-state index is 0.377. The number of nitrogens with zero attached hydrogens (tertiary/aromatic N) is 1. The molecule has 1 N–H and O–H groups in total. The van der Waals surface area contributed by atoms with Gasteiger partial charge in [0.15, 0.2) is 0 Å². The molecule has 0 heterocycles. The van der Waals surface area contributed by atoms with Crippen molar-refractivity contribution < 1.29 is 4.74 Å². The summed E-state index contributed by atoms with van der Waals surface area (Å²) in [6.07, 6.45) is 2.13. The first kappa shape index (κ1) is 15.3. The minimum absolute atomic E-state index is 0.377. The predicted octanol–water partition coefficient (Wildman–Crippen LogP) is 2.25. The van der Waals surface area contributed by atoms with Crippen LogP contribution < -0.4 is 10.1 Å². The maximum atomic E-state index is 5.29. The van der Waals surface area contributed by atoms with E-state index in [1.165, 1.54) is 5.56 Å². The maximum Gasteiger partial charge on any atom is 0.119 e. The summed E-state index contributed by atoms with van der Waals surface area (Å²) in [7, 11) is 5.93. The number of methoxy groups -OCH3 is 1. The molecule has 0 aromatic heterocycles. The molecule has 1 aromatic carbocycles. The zero-order valence-corrected chi connectivity index (χ0v) is 12.6. The fraction of sp³-hybridized carbons (Fsp3) is 0.571. The first-order chi connectivity index (χ1) is 8.69. The standard InChI is InChI=1S/C14H24N2OS/c1-16(2)14(11-15-8-9-18-4)12-6-5-7-13(10-12)17-3/h5-7,10,14-15H,8-9,11H2,1-4H3. The number of hydrogen-bond donors (Lipinski definition) is 1. The van der Waals surface area contributed by atoms with E-state index in [1.807, 2.05) is 23.9 Å². The third kappa shape index (κ3) is 4.88. The lowest BCUT2D eigenvalue weighted by molar-refractivity contribution is 0.289. The highest BCUT2D eigenvalue weighted by atomic mass is 32.2. The van der Waals surface area contributed by atoms with Gasteiger partial charge in [0, 0.05) is 24.9 Å². The van der Waals surface area contributed by atoms with Gasteiger partial charge in [-0.15, -0.1) is 0 Å². The van der Waals surface area contributed by atoms with Crippen molar-refractivity contribution in [3.05, 3.63) is 29.8 Å². The van der Waals surface area contributed by atoms with E-state index in [4.69, 9.17) is 4.74 Å². The molecule has 0 aliphatic rings. The zero-order valence-electron chi connectivity index (χ0n) is 11.8. The number of thioether (sulfide) groups is 1. The molecule has 3 nitrogen and oxygen atoms in total. The Morgan fingerprint density at radius 1 is 1.39 bits per heavy atom. The molecule has 0 spiro atoms. The van der Waals surface area contributed by atoms with Gasteiger partial charge < -0.3 is 15.0 Å². The normalized spacial score (nSPS) is 12.7. The van der Waals surface area contributed by atoms with Crippen LogP contribution in [-0.2, 0) is 0 Å². The van der Waals surface area contributed by atoms with Crippen LogP contribution in [0.5, 0.6) is 5.75 Å². The lowest BCUT2D eigenvalue weighted by Gasteiger charge is -2.25. The third-order valence-corrected chi connectivity index (χ3v) is 3.53. The van der Waals surface area contributed by atoms with Crippen molar-refractivity contribution in [3.63, 3.8) is 0 Å². The molecule has 1 unspecified atom stereocenters. The van der Waals surface area contributed by atoms with E-state index in [9.17, 15) is 0 Å². The summed E-state index contributed by atoms with van der Waals surface area (Å²) in [5.74, 6) is 2.07. The quantitative estimate of drug-likeness (QED) is 0.731. The van der Waals surface area contributed by atoms with Crippen molar-refractivity contribution in [3.8, 4) is 5.75 Å². The Bertz CT molecular complexity index is 344. The van der Waals surface area contributed by atoms with Gasteiger partial charge in [0.05, 0.1) is 7.11 Å². The van der Waals surface area contributed by atoms with Crippen molar-refractivity contribution in [2.75, 3.05) is 46.3 Å². The second-order valence-electron chi connectivity index (χ2n) is 4.45. The summed E-state index contributed by atoms with van der Waals surface area (Å²) in [6, 6.07) is 8.68. The molecule has 0 saturated carbocycles.